The lowest BCUT2D eigenvalue weighted by Gasteiger charge is -2.13. The normalized spacial score (nSPS) is 9.86. The Kier molecular flexibility index (Phi) is 105. The lowest BCUT2D eigenvalue weighted by Crippen LogP contribution is -2.21. The maximum atomic E-state index is 10.9. The highest BCUT2D eigenvalue weighted by molar-refractivity contribution is 8.24. The summed E-state index contributed by atoms with van der Waals surface area (Å²) in [5.74, 6) is 2.39. The minimum absolute atomic E-state index is 0. The number of halogens is 5. The summed E-state index contributed by atoms with van der Waals surface area (Å²) in [4.78, 5) is 6.32. The zero-order valence-corrected chi connectivity index (χ0v) is 50.7. The van der Waals surface area contributed by atoms with Crippen LogP contribution in [0.15, 0.2) is 24.4 Å². The van der Waals surface area contributed by atoms with Gasteiger partial charge < -0.3 is 44.9 Å². The molecule has 64 heavy (non-hydrogen) atoms. The molecule has 0 bridgehead atoms. The van der Waals surface area contributed by atoms with Crippen LogP contribution in [-0.4, -0.2) is 131 Å². The fraction of sp³-hybridized carbons (Fsp3) is 0.765. The van der Waals surface area contributed by atoms with Crippen molar-refractivity contribution in [2.45, 2.75) is 55.3 Å². The summed E-state index contributed by atoms with van der Waals surface area (Å²) in [6.45, 7) is 17.5. The molecule has 4 atom stereocenters. The average molecular weight is 1190 g/mol. The number of phosphoric ester groups is 1. The molecule has 0 spiro atoms. The van der Waals surface area contributed by atoms with Crippen LogP contribution in [0.1, 0.15) is 60.1 Å². The number of rotatable bonds is 13. The van der Waals surface area contributed by atoms with E-state index in [0.717, 1.165) is 18.0 Å². The second-order valence-electron chi connectivity index (χ2n) is 8.60. The summed E-state index contributed by atoms with van der Waals surface area (Å²) in [5, 5.41) is 5.01. The zero-order chi connectivity index (χ0) is 55.7. The smallest absolute Gasteiger partial charge is 0.383 e. The molecule has 0 fully saturated rings. The van der Waals surface area contributed by atoms with Crippen LogP contribution in [0.5, 0.6) is 0 Å². The standard InChI is InChI=1S/C7H6N2.C6H15N.C5H9O4P.C3H9NO.C3H9O3P.C2H8N2.2C2H7P.CH3Cl2O2P.2CH5P.CH4.Cl3OP/c8-5-4-7-3-1-2-6-9-7;1-4-7(5-2)6-3;1-4-5-9-10(6,7-2)8-3;1-5-3-2-4;1-5-7(3,4)6-2;3-1-2-4;2*1-2-3;1-5-6(2,3)4;2*1-2;;1-5(2,3)4/h1-3,6H,4H2;4-6H2,1-3H3;1-3H3;2-4H2,1H3;1-3H3;1-4H2;2*2-3H2,1H3;1H3;2*2H2,1H3;1H4;/i;;;;;;2*1D;;2*1T;;. The molecule has 1 aromatic heterocycles. The summed E-state index contributed by atoms with van der Waals surface area (Å²) >= 11 is 23.5. The average Bonchev–Trinajstić information content (AvgIpc) is 3.30. The Morgan fingerprint density at radius 1 is 0.812 bits per heavy atom. The van der Waals surface area contributed by atoms with Gasteiger partial charge >= 0.3 is 26.7 Å². The van der Waals surface area contributed by atoms with Crippen molar-refractivity contribution < 1.29 is 55.6 Å². The van der Waals surface area contributed by atoms with E-state index in [4.69, 9.17) is 50.4 Å². The highest BCUT2D eigenvalue weighted by atomic mass is 36.0. The molecule has 17 nitrogen and oxygen atoms in total. The van der Waals surface area contributed by atoms with Crippen LogP contribution in [0.3, 0.4) is 0 Å². The fourth-order valence-corrected chi connectivity index (χ4v) is 2.35. The SMILES string of the molecule is C.CC#COP(=O)(OC)OC.CCN(CC)CC.COCCN.COP(=O)(Cl)Cl.COP(C)(=O)OC.N#CCc1ccccn1.NCCN.O=P(Cl)(Cl)Cl.[2H]CCP.[2H]CCP.[3H]CP.[3H]CP. The molecule has 0 radical (unpaired) electrons. The summed E-state index contributed by atoms with van der Waals surface area (Å²) < 4.78 is 96.7. The quantitative estimate of drug-likeness (QED) is 0.123. The van der Waals surface area contributed by atoms with Crippen LogP contribution in [0, 0.1) is 23.4 Å². The number of pyridine rings is 1. The van der Waals surface area contributed by atoms with Crippen molar-refractivity contribution in [3.8, 4) is 18.1 Å². The van der Waals surface area contributed by atoms with E-state index in [9.17, 15) is 18.3 Å². The molecular weight excluding hydrogens is 1090 g/mol. The maximum absolute atomic E-state index is 10.9. The third-order valence-electron chi connectivity index (χ3n) is 4.40. The summed E-state index contributed by atoms with van der Waals surface area (Å²) in [5.41, 5.74) is 15.7. The van der Waals surface area contributed by atoms with Crippen molar-refractivity contribution in [2.24, 2.45) is 17.2 Å². The second-order valence-corrected chi connectivity index (χ2v) is 24.9. The molecule has 30 heteroatoms. The number of ether oxygens (including phenoxy) is 1. The molecule has 4 unspecified atom stereocenters. The lowest BCUT2D eigenvalue weighted by molar-refractivity contribution is 0.201. The van der Waals surface area contributed by atoms with Crippen molar-refractivity contribution in [2.75, 3.05) is 121 Å². The monoisotopic (exact) mass is 1180 g/mol. The number of nitrogens with two attached hydrogens (primary N) is 3. The number of phosphoric acid groups is 1. The van der Waals surface area contributed by atoms with Crippen LogP contribution < -0.4 is 17.2 Å². The molecule has 0 saturated heterocycles. The Hall–Kier alpha value is 1.69. The van der Waals surface area contributed by atoms with Gasteiger partial charge in [-0.25, -0.2) is 4.57 Å². The maximum Gasteiger partial charge on any atom is 0.537 e. The van der Waals surface area contributed by atoms with Gasteiger partial charge in [0.05, 0.1) is 24.8 Å². The number of aromatic nitrogens is 1. The van der Waals surface area contributed by atoms with Gasteiger partial charge in [-0.15, -0.1) is 37.0 Å². The largest absolute Gasteiger partial charge is 0.537 e. The number of hydrogen-bond acceptors (Lipinski definition) is 17. The molecule has 1 aromatic rings. The summed E-state index contributed by atoms with van der Waals surface area (Å²) in [6, 6.07) is 7.57. The van der Waals surface area contributed by atoms with Crippen molar-refractivity contribution >= 4 is 120 Å². The van der Waals surface area contributed by atoms with E-state index in [1.807, 2.05) is 24.3 Å². The number of nitriles is 1. The molecule has 0 aromatic carbocycles. The number of nitrogens with zero attached hydrogens (tertiary/aromatic N) is 3. The minimum atomic E-state index is -3.37. The lowest BCUT2D eigenvalue weighted by atomic mass is 10.3. The van der Waals surface area contributed by atoms with E-state index in [-0.39, 0.29) is 7.43 Å². The van der Waals surface area contributed by atoms with E-state index >= 15 is 0 Å². The Balaban J connectivity index is -0.0000000512. The molecule has 0 saturated carbocycles. The minimum Gasteiger partial charge on any atom is -0.383 e. The Bertz CT molecular complexity index is 1290. The van der Waals surface area contributed by atoms with Crippen LogP contribution in [0.2, 0.25) is 0 Å². The van der Waals surface area contributed by atoms with Gasteiger partial charge in [0.1, 0.15) is 6.11 Å². The van der Waals surface area contributed by atoms with Crippen molar-refractivity contribution in [1.82, 2.24) is 9.88 Å². The summed E-state index contributed by atoms with van der Waals surface area (Å²) in [6.07, 6.45) is 2.82. The highest BCUT2D eigenvalue weighted by Crippen LogP contribution is 2.61. The number of methoxy groups -OCH3 is 1. The zero-order valence-electron chi connectivity index (χ0n) is 42.8. The van der Waals surface area contributed by atoms with Crippen LogP contribution in [0.25, 0.3) is 0 Å². The van der Waals surface area contributed by atoms with Gasteiger partial charge in [0.2, 0.25) is 0 Å². The topological polar surface area (TPSA) is 251 Å². The van der Waals surface area contributed by atoms with Crippen LogP contribution in [-0.2, 0) is 56.6 Å². The van der Waals surface area contributed by atoms with Gasteiger partial charge in [-0.3, -0.25) is 27.7 Å². The van der Waals surface area contributed by atoms with E-state index < -0.39 is 26.7 Å². The molecule has 1 heterocycles. The molecule has 0 amide bonds. The van der Waals surface area contributed by atoms with Crippen molar-refractivity contribution in [3.05, 3.63) is 30.1 Å². The molecule has 6 N–H and O–H groups in total. The molecule has 0 aliphatic rings. The Morgan fingerprint density at radius 2 is 1.17 bits per heavy atom. The van der Waals surface area contributed by atoms with Crippen LogP contribution in [0.4, 0.5) is 0 Å². The highest BCUT2D eigenvalue weighted by Gasteiger charge is 2.22. The summed E-state index contributed by atoms with van der Waals surface area (Å²) in [7, 11) is 11.4. The first-order valence-electron chi connectivity index (χ1n) is 20.3. The third kappa shape index (κ3) is 144. The van der Waals surface area contributed by atoms with Gasteiger partial charge in [-0.05, 0) is 100 Å². The van der Waals surface area contributed by atoms with Gasteiger partial charge in [0, 0.05) is 87.6 Å². The van der Waals surface area contributed by atoms with E-state index in [2.05, 4.69) is 145 Å². The van der Waals surface area contributed by atoms with Crippen molar-refractivity contribution in [3.63, 3.8) is 0 Å². The third-order valence-corrected chi connectivity index (χ3v) is 8.19. The first-order chi connectivity index (χ1) is 31.1. The van der Waals surface area contributed by atoms with Gasteiger partial charge in [-0.2, -0.15) is 5.26 Å². The fourth-order valence-electron chi connectivity index (χ4n) is 1.70. The molecule has 0 aliphatic heterocycles. The first-order valence-corrected chi connectivity index (χ1v) is 32.0. The van der Waals surface area contributed by atoms with Gasteiger partial charge in [0.15, 0.2) is 0 Å². The van der Waals surface area contributed by atoms with Gasteiger partial charge in [0.25, 0.3) is 0 Å². The van der Waals surface area contributed by atoms with E-state index in [1.54, 1.807) is 20.2 Å². The molecule has 394 valence electrons. The Morgan fingerprint density at radius 3 is 1.30 bits per heavy atom. The molecule has 1 rings (SSSR count). The predicted molar refractivity (Wildman–Crippen MR) is 300 cm³/mol. The van der Waals surface area contributed by atoms with Crippen molar-refractivity contribution in [1.29, 1.82) is 5.26 Å². The van der Waals surface area contributed by atoms with E-state index in [0.29, 0.717) is 59.7 Å². The van der Waals surface area contributed by atoms with Crippen LogP contribution >= 0.6 is 120 Å². The number of hydrogen-bond donors (Lipinski definition) is 3. The van der Waals surface area contributed by atoms with Gasteiger partial charge in [-0.1, -0.05) is 67.3 Å². The van der Waals surface area contributed by atoms with E-state index in [1.165, 1.54) is 61.8 Å². The first kappa shape index (κ1) is 82.6. The second kappa shape index (κ2) is 81.7. The Labute approximate surface area is 429 Å². The molecule has 0 aliphatic carbocycles. The molecular formula is C34H87Cl5N6O11P8. The predicted octanol–water partition coefficient (Wildman–Crippen LogP) is 11.9.